The third-order valence-electron chi connectivity index (χ3n) is 4.95. The molecule has 0 saturated carbocycles. The average molecular weight is 553 g/mol. The van der Waals surface area contributed by atoms with Crippen molar-refractivity contribution in [3.8, 4) is 11.4 Å². The number of benzene rings is 1. The normalized spacial score (nSPS) is 16.1. The standard InChI is InChI=1S/C21H25ClN8.HI/c1-2-23-21(25-12-15-5-3-6-16(11-15)19-26-14-27-29-19)28-17-8-10-30(13-17)20-18(22)7-4-9-24-20;/h3-7,9,11,14,17H,2,8,10,12-13H2,1H3,(H2,23,25,28)(H,26,27,29);1H. The number of anilines is 1. The quantitative estimate of drug-likeness (QED) is 0.246. The highest BCUT2D eigenvalue weighted by Gasteiger charge is 2.25. The third-order valence-corrected chi connectivity index (χ3v) is 5.24. The molecule has 2 aromatic heterocycles. The fourth-order valence-electron chi connectivity index (χ4n) is 3.53. The summed E-state index contributed by atoms with van der Waals surface area (Å²) in [6.45, 7) is 5.18. The Labute approximate surface area is 203 Å². The van der Waals surface area contributed by atoms with Crippen molar-refractivity contribution >= 4 is 47.4 Å². The fourth-order valence-corrected chi connectivity index (χ4v) is 3.77. The molecule has 8 nitrogen and oxygen atoms in total. The summed E-state index contributed by atoms with van der Waals surface area (Å²) in [5, 5.41) is 14.4. The van der Waals surface area contributed by atoms with Crippen LogP contribution in [0.5, 0.6) is 0 Å². The van der Waals surface area contributed by atoms with E-state index in [9.17, 15) is 0 Å². The van der Waals surface area contributed by atoms with Crippen molar-refractivity contribution in [3.63, 3.8) is 0 Å². The van der Waals surface area contributed by atoms with Gasteiger partial charge in [-0.25, -0.2) is 15.0 Å². The van der Waals surface area contributed by atoms with Gasteiger partial charge in [0.15, 0.2) is 11.8 Å². The number of aliphatic imine (C=N–C) groups is 1. The van der Waals surface area contributed by atoms with Crippen LogP contribution < -0.4 is 15.5 Å². The van der Waals surface area contributed by atoms with Crippen LogP contribution in [-0.2, 0) is 6.54 Å². The molecule has 1 aliphatic heterocycles. The number of aromatic amines is 1. The van der Waals surface area contributed by atoms with E-state index in [2.05, 4.69) is 54.8 Å². The first-order chi connectivity index (χ1) is 14.7. The van der Waals surface area contributed by atoms with Crippen molar-refractivity contribution in [2.45, 2.75) is 25.9 Å². The van der Waals surface area contributed by atoms with Crippen LogP contribution in [0.3, 0.4) is 0 Å². The number of guanidine groups is 1. The highest BCUT2D eigenvalue weighted by Crippen LogP contribution is 2.25. The molecule has 3 aromatic rings. The van der Waals surface area contributed by atoms with E-state index >= 15 is 0 Å². The molecule has 1 aliphatic rings. The lowest BCUT2D eigenvalue weighted by molar-refractivity contribution is 0.649. The second kappa shape index (κ2) is 11.3. The Bertz CT molecular complexity index is 995. The molecular formula is C21H26ClIN8. The first-order valence-electron chi connectivity index (χ1n) is 10.1. The Hall–Kier alpha value is -2.40. The molecule has 10 heteroatoms. The molecule has 0 aliphatic carbocycles. The third kappa shape index (κ3) is 6.07. The van der Waals surface area contributed by atoms with Gasteiger partial charge in [-0.15, -0.1) is 24.0 Å². The van der Waals surface area contributed by atoms with Crippen molar-refractivity contribution in [1.29, 1.82) is 0 Å². The van der Waals surface area contributed by atoms with Gasteiger partial charge in [-0.1, -0.05) is 29.8 Å². The lowest BCUT2D eigenvalue weighted by atomic mass is 10.1. The lowest BCUT2D eigenvalue weighted by Gasteiger charge is -2.20. The predicted octanol–water partition coefficient (Wildman–Crippen LogP) is 3.47. The Morgan fingerprint density at radius 1 is 1.29 bits per heavy atom. The number of hydrogen-bond acceptors (Lipinski definition) is 5. The van der Waals surface area contributed by atoms with Gasteiger partial charge in [-0.05, 0) is 37.1 Å². The molecule has 0 amide bonds. The zero-order valence-electron chi connectivity index (χ0n) is 17.3. The van der Waals surface area contributed by atoms with Crippen LogP contribution in [-0.4, -0.2) is 51.8 Å². The van der Waals surface area contributed by atoms with E-state index in [1.807, 2.05) is 24.3 Å². The smallest absolute Gasteiger partial charge is 0.191 e. The maximum atomic E-state index is 6.30. The molecule has 1 atom stereocenters. The van der Waals surface area contributed by atoms with E-state index in [-0.39, 0.29) is 30.0 Å². The van der Waals surface area contributed by atoms with Crippen LogP contribution in [0.25, 0.3) is 11.4 Å². The van der Waals surface area contributed by atoms with Crippen molar-refractivity contribution in [2.75, 3.05) is 24.5 Å². The van der Waals surface area contributed by atoms with Gasteiger partial charge in [-0.2, -0.15) is 5.10 Å². The van der Waals surface area contributed by atoms with Crippen LogP contribution in [0.1, 0.15) is 18.9 Å². The minimum Gasteiger partial charge on any atom is -0.357 e. The van der Waals surface area contributed by atoms with Crippen LogP contribution in [0.15, 0.2) is 53.9 Å². The molecule has 31 heavy (non-hydrogen) atoms. The molecule has 3 heterocycles. The van der Waals surface area contributed by atoms with E-state index in [4.69, 9.17) is 16.6 Å². The maximum absolute atomic E-state index is 6.30. The first-order valence-corrected chi connectivity index (χ1v) is 10.5. The zero-order chi connectivity index (χ0) is 20.8. The molecule has 0 radical (unpaired) electrons. The number of nitrogens with zero attached hydrogens (tertiary/aromatic N) is 5. The summed E-state index contributed by atoms with van der Waals surface area (Å²) in [5.74, 6) is 2.40. The second-order valence-electron chi connectivity index (χ2n) is 7.11. The molecule has 3 N–H and O–H groups in total. The van der Waals surface area contributed by atoms with Gasteiger partial charge < -0.3 is 15.5 Å². The van der Waals surface area contributed by atoms with Crippen molar-refractivity contribution < 1.29 is 0 Å². The van der Waals surface area contributed by atoms with Gasteiger partial charge in [0.1, 0.15) is 12.1 Å². The van der Waals surface area contributed by atoms with Gasteiger partial charge in [0, 0.05) is 37.4 Å². The summed E-state index contributed by atoms with van der Waals surface area (Å²) >= 11 is 6.30. The summed E-state index contributed by atoms with van der Waals surface area (Å²) in [5.41, 5.74) is 2.10. The predicted molar refractivity (Wildman–Crippen MR) is 135 cm³/mol. The van der Waals surface area contributed by atoms with Gasteiger partial charge in [0.25, 0.3) is 0 Å². The number of aromatic nitrogens is 4. The highest BCUT2D eigenvalue weighted by molar-refractivity contribution is 14.0. The van der Waals surface area contributed by atoms with Gasteiger partial charge in [0.05, 0.1) is 11.6 Å². The summed E-state index contributed by atoms with van der Waals surface area (Å²) in [4.78, 5) is 15.6. The van der Waals surface area contributed by atoms with Crippen molar-refractivity contribution in [2.24, 2.45) is 4.99 Å². The van der Waals surface area contributed by atoms with Crippen LogP contribution in [0.2, 0.25) is 5.02 Å². The number of pyridine rings is 1. The Balaban J connectivity index is 0.00000272. The molecule has 1 saturated heterocycles. The number of H-pyrrole nitrogens is 1. The zero-order valence-corrected chi connectivity index (χ0v) is 20.3. The molecule has 1 aromatic carbocycles. The fraction of sp³-hybridized carbons (Fsp3) is 0.333. The second-order valence-corrected chi connectivity index (χ2v) is 7.52. The Morgan fingerprint density at radius 3 is 2.97 bits per heavy atom. The van der Waals surface area contributed by atoms with Gasteiger partial charge >= 0.3 is 0 Å². The molecule has 4 rings (SSSR count). The molecule has 0 bridgehead atoms. The van der Waals surface area contributed by atoms with Crippen molar-refractivity contribution in [3.05, 3.63) is 59.5 Å². The highest BCUT2D eigenvalue weighted by atomic mass is 127. The Kier molecular flexibility index (Phi) is 8.47. The van der Waals surface area contributed by atoms with E-state index in [0.717, 1.165) is 54.8 Å². The van der Waals surface area contributed by atoms with E-state index in [1.165, 1.54) is 6.33 Å². The topological polar surface area (TPSA) is 94.1 Å². The number of halogens is 2. The minimum atomic E-state index is 0. The summed E-state index contributed by atoms with van der Waals surface area (Å²) in [6, 6.07) is 12.2. The summed E-state index contributed by atoms with van der Waals surface area (Å²) in [6.07, 6.45) is 4.29. The first kappa shape index (κ1) is 23.3. The summed E-state index contributed by atoms with van der Waals surface area (Å²) < 4.78 is 0. The Morgan fingerprint density at radius 2 is 2.19 bits per heavy atom. The molecule has 0 spiro atoms. The average Bonchev–Trinajstić information content (AvgIpc) is 3.45. The van der Waals surface area contributed by atoms with E-state index in [0.29, 0.717) is 11.6 Å². The van der Waals surface area contributed by atoms with Gasteiger partial charge in [0.2, 0.25) is 0 Å². The monoisotopic (exact) mass is 552 g/mol. The SMILES string of the molecule is CCNC(=NCc1cccc(-c2ncn[nH]2)c1)NC1CCN(c2ncccc2Cl)C1.I. The lowest BCUT2D eigenvalue weighted by Crippen LogP contribution is -2.44. The number of nitrogens with one attached hydrogen (secondary N) is 3. The van der Waals surface area contributed by atoms with Crippen LogP contribution in [0, 0.1) is 0 Å². The summed E-state index contributed by atoms with van der Waals surface area (Å²) in [7, 11) is 0. The van der Waals surface area contributed by atoms with Crippen molar-refractivity contribution in [1.82, 2.24) is 30.8 Å². The minimum absolute atomic E-state index is 0. The van der Waals surface area contributed by atoms with Gasteiger partial charge in [-0.3, -0.25) is 5.10 Å². The van der Waals surface area contributed by atoms with Crippen LogP contribution in [0.4, 0.5) is 5.82 Å². The molecule has 1 fully saturated rings. The number of rotatable bonds is 6. The van der Waals surface area contributed by atoms with E-state index < -0.39 is 0 Å². The number of hydrogen-bond donors (Lipinski definition) is 3. The van der Waals surface area contributed by atoms with E-state index in [1.54, 1.807) is 6.20 Å². The maximum Gasteiger partial charge on any atom is 0.191 e. The molecule has 164 valence electrons. The van der Waals surface area contributed by atoms with Crippen LogP contribution >= 0.6 is 35.6 Å². The molecule has 1 unspecified atom stereocenters. The molecular weight excluding hydrogens is 527 g/mol. The largest absolute Gasteiger partial charge is 0.357 e.